The summed E-state index contributed by atoms with van der Waals surface area (Å²) in [5, 5.41) is 0. The van der Waals surface area contributed by atoms with Crippen LogP contribution in [0.25, 0.3) is 0 Å². The van der Waals surface area contributed by atoms with Gasteiger partial charge in [-0.25, -0.2) is 9.18 Å². The van der Waals surface area contributed by atoms with Gasteiger partial charge in [-0.3, -0.25) is 20.4 Å². The SMILES string of the molecule is Cc1cc(C)cc(C(=O)OCC(=O)NNC(=O)c2ccccc2F)c1. The van der Waals surface area contributed by atoms with Crippen LogP contribution in [0.3, 0.4) is 0 Å². The van der Waals surface area contributed by atoms with E-state index in [1.54, 1.807) is 12.1 Å². The molecule has 0 aromatic heterocycles. The molecule has 0 spiro atoms. The number of hydrogen-bond donors (Lipinski definition) is 2. The molecule has 0 radical (unpaired) electrons. The van der Waals surface area contributed by atoms with Gasteiger partial charge in [-0.05, 0) is 38.1 Å². The van der Waals surface area contributed by atoms with Crippen LogP contribution in [0.4, 0.5) is 4.39 Å². The van der Waals surface area contributed by atoms with Crippen molar-refractivity contribution in [2.75, 3.05) is 6.61 Å². The van der Waals surface area contributed by atoms with Gasteiger partial charge < -0.3 is 4.74 Å². The summed E-state index contributed by atoms with van der Waals surface area (Å²) >= 11 is 0. The van der Waals surface area contributed by atoms with Crippen LogP contribution in [0, 0.1) is 19.7 Å². The Morgan fingerprint density at radius 1 is 1.00 bits per heavy atom. The molecule has 7 heteroatoms. The summed E-state index contributed by atoms with van der Waals surface area (Å²) in [5.74, 6) is -2.92. The van der Waals surface area contributed by atoms with Crippen LogP contribution in [0.2, 0.25) is 0 Å². The molecule has 0 saturated heterocycles. The number of hydrogen-bond acceptors (Lipinski definition) is 4. The summed E-state index contributed by atoms with van der Waals surface area (Å²) in [4.78, 5) is 35.3. The van der Waals surface area contributed by atoms with Crippen LogP contribution in [-0.2, 0) is 9.53 Å². The molecule has 0 aliphatic heterocycles. The first-order valence-electron chi connectivity index (χ1n) is 7.46. The number of halogens is 1. The molecule has 2 N–H and O–H groups in total. The molecule has 2 aromatic rings. The predicted molar refractivity (Wildman–Crippen MR) is 88.2 cm³/mol. The van der Waals surface area contributed by atoms with E-state index >= 15 is 0 Å². The minimum atomic E-state index is -0.813. The first kappa shape index (κ1) is 18.1. The van der Waals surface area contributed by atoms with E-state index < -0.39 is 30.2 Å². The molecule has 0 unspecified atom stereocenters. The van der Waals surface area contributed by atoms with Gasteiger partial charge in [0.05, 0.1) is 11.1 Å². The van der Waals surface area contributed by atoms with E-state index in [1.165, 1.54) is 18.2 Å². The zero-order valence-corrected chi connectivity index (χ0v) is 13.8. The van der Waals surface area contributed by atoms with Crippen molar-refractivity contribution in [3.8, 4) is 0 Å². The van der Waals surface area contributed by atoms with E-state index in [2.05, 4.69) is 10.9 Å². The number of hydrazine groups is 1. The zero-order chi connectivity index (χ0) is 18.4. The highest BCUT2D eigenvalue weighted by Gasteiger charge is 2.14. The molecule has 0 bridgehead atoms. The third-order valence-corrected chi connectivity index (χ3v) is 3.23. The normalized spacial score (nSPS) is 10.0. The van der Waals surface area contributed by atoms with Crippen molar-refractivity contribution in [2.45, 2.75) is 13.8 Å². The molecule has 130 valence electrons. The smallest absolute Gasteiger partial charge is 0.338 e. The Morgan fingerprint density at radius 3 is 2.28 bits per heavy atom. The largest absolute Gasteiger partial charge is 0.452 e. The second-order valence-corrected chi connectivity index (χ2v) is 5.43. The maximum Gasteiger partial charge on any atom is 0.338 e. The van der Waals surface area contributed by atoms with Gasteiger partial charge in [0.2, 0.25) is 0 Å². The lowest BCUT2D eigenvalue weighted by molar-refractivity contribution is -0.125. The summed E-state index contributed by atoms with van der Waals surface area (Å²) in [6.45, 7) is 3.10. The third-order valence-electron chi connectivity index (χ3n) is 3.23. The second kappa shape index (κ2) is 8.05. The fourth-order valence-corrected chi connectivity index (χ4v) is 2.18. The number of benzene rings is 2. The predicted octanol–water partition coefficient (Wildman–Crippen LogP) is 2.06. The molecule has 0 atom stereocenters. The Hall–Kier alpha value is -3.22. The van der Waals surface area contributed by atoms with Crippen LogP contribution in [0.5, 0.6) is 0 Å². The fraction of sp³-hybridized carbons (Fsp3) is 0.167. The van der Waals surface area contributed by atoms with Crippen LogP contribution >= 0.6 is 0 Å². The molecular weight excluding hydrogens is 327 g/mol. The van der Waals surface area contributed by atoms with E-state index in [0.717, 1.165) is 17.2 Å². The van der Waals surface area contributed by atoms with Crippen LogP contribution in [-0.4, -0.2) is 24.4 Å². The van der Waals surface area contributed by atoms with Gasteiger partial charge in [0.25, 0.3) is 11.8 Å². The van der Waals surface area contributed by atoms with Crippen molar-refractivity contribution >= 4 is 17.8 Å². The van der Waals surface area contributed by atoms with Crippen LogP contribution in [0.1, 0.15) is 31.8 Å². The van der Waals surface area contributed by atoms with Gasteiger partial charge in [0, 0.05) is 0 Å². The van der Waals surface area contributed by atoms with E-state index in [-0.39, 0.29) is 5.56 Å². The Balaban J connectivity index is 1.83. The summed E-state index contributed by atoms with van der Waals surface area (Å²) in [6.07, 6.45) is 0. The summed E-state index contributed by atoms with van der Waals surface area (Å²) in [7, 11) is 0. The lowest BCUT2D eigenvalue weighted by Gasteiger charge is -2.09. The van der Waals surface area contributed by atoms with Crippen molar-refractivity contribution < 1.29 is 23.5 Å². The molecular formula is C18H17FN2O4. The molecule has 2 amide bonds. The van der Waals surface area contributed by atoms with Crippen molar-refractivity contribution in [3.63, 3.8) is 0 Å². The maximum atomic E-state index is 13.4. The molecule has 2 aromatic carbocycles. The van der Waals surface area contributed by atoms with E-state index in [0.29, 0.717) is 5.56 Å². The van der Waals surface area contributed by atoms with Gasteiger partial charge in [-0.1, -0.05) is 29.3 Å². The van der Waals surface area contributed by atoms with Gasteiger partial charge in [0.15, 0.2) is 6.61 Å². The first-order valence-corrected chi connectivity index (χ1v) is 7.46. The summed E-state index contributed by atoms with van der Waals surface area (Å²) in [6, 6.07) is 10.5. The molecule has 0 heterocycles. The number of nitrogens with one attached hydrogen (secondary N) is 2. The quantitative estimate of drug-likeness (QED) is 0.657. The van der Waals surface area contributed by atoms with Gasteiger partial charge in [-0.2, -0.15) is 0 Å². The van der Waals surface area contributed by atoms with Gasteiger partial charge in [0.1, 0.15) is 5.82 Å². The molecule has 25 heavy (non-hydrogen) atoms. The Kier molecular flexibility index (Phi) is 5.84. The van der Waals surface area contributed by atoms with Crippen molar-refractivity contribution in [3.05, 3.63) is 70.5 Å². The minimum absolute atomic E-state index is 0.213. The fourth-order valence-electron chi connectivity index (χ4n) is 2.18. The van der Waals surface area contributed by atoms with Gasteiger partial charge in [-0.15, -0.1) is 0 Å². The highest BCUT2D eigenvalue weighted by molar-refractivity contribution is 5.96. The molecule has 0 fully saturated rings. The summed E-state index contributed by atoms with van der Waals surface area (Å²) < 4.78 is 18.3. The number of amides is 2. The third kappa shape index (κ3) is 5.13. The zero-order valence-electron chi connectivity index (χ0n) is 13.8. The molecule has 0 aliphatic carbocycles. The van der Waals surface area contributed by atoms with Crippen molar-refractivity contribution in [2.24, 2.45) is 0 Å². The molecule has 0 saturated carbocycles. The maximum absolute atomic E-state index is 13.4. The molecule has 0 aliphatic rings. The lowest BCUT2D eigenvalue weighted by Crippen LogP contribution is -2.43. The first-order chi connectivity index (χ1) is 11.9. The number of rotatable bonds is 4. The average molecular weight is 344 g/mol. The number of carbonyl (C=O) groups is 3. The number of ether oxygens (including phenoxy) is 1. The molecule has 2 rings (SSSR count). The van der Waals surface area contributed by atoms with Crippen molar-refractivity contribution in [1.29, 1.82) is 0 Å². The Labute approximate surface area is 144 Å². The Bertz CT molecular complexity index is 800. The number of aryl methyl sites for hydroxylation is 2. The van der Waals surface area contributed by atoms with E-state index in [4.69, 9.17) is 4.74 Å². The standard InChI is InChI=1S/C18H17FN2O4/c1-11-7-12(2)9-13(8-11)18(24)25-10-16(22)20-21-17(23)14-5-3-4-6-15(14)19/h3-9H,10H2,1-2H3,(H,20,22)(H,21,23). The van der Waals surface area contributed by atoms with E-state index in [9.17, 15) is 18.8 Å². The highest BCUT2D eigenvalue weighted by Crippen LogP contribution is 2.10. The topological polar surface area (TPSA) is 84.5 Å². The monoisotopic (exact) mass is 344 g/mol. The molecule has 6 nitrogen and oxygen atoms in total. The number of esters is 1. The minimum Gasteiger partial charge on any atom is -0.452 e. The van der Waals surface area contributed by atoms with Crippen LogP contribution in [0.15, 0.2) is 42.5 Å². The lowest BCUT2D eigenvalue weighted by atomic mass is 10.1. The number of carbonyl (C=O) groups excluding carboxylic acids is 3. The van der Waals surface area contributed by atoms with Crippen molar-refractivity contribution in [1.82, 2.24) is 10.9 Å². The second-order valence-electron chi connectivity index (χ2n) is 5.43. The average Bonchev–Trinajstić information content (AvgIpc) is 2.57. The highest BCUT2D eigenvalue weighted by atomic mass is 19.1. The van der Waals surface area contributed by atoms with Gasteiger partial charge >= 0.3 is 5.97 Å². The van der Waals surface area contributed by atoms with Crippen LogP contribution < -0.4 is 10.9 Å². The van der Waals surface area contributed by atoms with E-state index in [1.807, 2.05) is 19.9 Å². The Morgan fingerprint density at radius 2 is 1.64 bits per heavy atom. The summed E-state index contributed by atoms with van der Waals surface area (Å²) in [5.41, 5.74) is 6.02.